The van der Waals surface area contributed by atoms with Gasteiger partial charge in [0.1, 0.15) is 5.82 Å². The van der Waals surface area contributed by atoms with E-state index in [0.717, 1.165) is 10.9 Å². The van der Waals surface area contributed by atoms with Crippen LogP contribution in [0.15, 0.2) is 48.7 Å². The van der Waals surface area contributed by atoms with Gasteiger partial charge >= 0.3 is 5.97 Å². The first-order valence-electron chi connectivity index (χ1n) is 6.47. The number of carboxylic acid groups (broad SMARTS) is 1. The second-order valence-electron chi connectivity index (χ2n) is 4.68. The first kappa shape index (κ1) is 13.2. The summed E-state index contributed by atoms with van der Waals surface area (Å²) in [5.41, 5.74) is 2.09. The Morgan fingerprint density at radius 3 is 2.81 bits per heavy atom. The lowest BCUT2D eigenvalue weighted by atomic mass is 10.1. The van der Waals surface area contributed by atoms with Crippen molar-refractivity contribution < 1.29 is 14.3 Å². The van der Waals surface area contributed by atoms with Gasteiger partial charge in [-0.3, -0.25) is 0 Å². The number of H-pyrrole nitrogens is 1. The highest BCUT2D eigenvalue weighted by atomic mass is 19.1. The number of aromatic carboxylic acids is 1. The number of para-hydroxylation sites is 2. The Bertz CT molecular complexity index is 811. The maximum Gasteiger partial charge on any atom is 0.337 e. The molecule has 0 saturated heterocycles. The third-order valence-electron chi connectivity index (χ3n) is 3.38. The van der Waals surface area contributed by atoms with Gasteiger partial charge in [0.25, 0.3) is 0 Å². The predicted molar refractivity (Wildman–Crippen MR) is 79.0 cm³/mol. The average Bonchev–Trinajstić information content (AvgIpc) is 2.90. The van der Waals surface area contributed by atoms with Crippen molar-refractivity contribution in [1.82, 2.24) is 4.98 Å². The van der Waals surface area contributed by atoms with Gasteiger partial charge in [-0.25, -0.2) is 9.18 Å². The van der Waals surface area contributed by atoms with Gasteiger partial charge in [0.2, 0.25) is 0 Å². The largest absolute Gasteiger partial charge is 0.478 e. The zero-order valence-electron chi connectivity index (χ0n) is 11.1. The monoisotopic (exact) mass is 284 g/mol. The van der Waals surface area contributed by atoms with Gasteiger partial charge in [-0.15, -0.1) is 0 Å². The average molecular weight is 284 g/mol. The Hall–Kier alpha value is -2.82. The minimum atomic E-state index is -0.983. The van der Waals surface area contributed by atoms with E-state index in [0.29, 0.717) is 17.7 Å². The summed E-state index contributed by atoms with van der Waals surface area (Å²) in [6.07, 6.45) is 1.73. The van der Waals surface area contributed by atoms with Crippen LogP contribution in [0.2, 0.25) is 0 Å². The van der Waals surface area contributed by atoms with Crippen molar-refractivity contribution in [3.8, 4) is 0 Å². The van der Waals surface area contributed by atoms with Crippen LogP contribution < -0.4 is 5.32 Å². The normalized spacial score (nSPS) is 10.7. The number of fused-ring (bicyclic) bond motifs is 1. The molecule has 0 amide bonds. The molecule has 0 fully saturated rings. The van der Waals surface area contributed by atoms with Crippen molar-refractivity contribution in [2.45, 2.75) is 6.54 Å². The van der Waals surface area contributed by atoms with Gasteiger partial charge in [0, 0.05) is 23.8 Å². The first-order valence-corrected chi connectivity index (χ1v) is 6.47. The number of rotatable bonds is 4. The van der Waals surface area contributed by atoms with E-state index >= 15 is 0 Å². The molecule has 1 heterocycles. The number of halogens is 1. The van der Waals surface area contributed by atoms with E-state index < -0.39 is 5.97 Å². The molecule has 3 N–H and O–H groups in total. The van der Waals surface area contributed by atoms with Crippen molar-refractivity contribution in [3.05, 3.63) is 65.6 Å². The SMILES string of the molecule is O=C(O)c1ccccc1NCc1c[nH]c2c(F)cccc12. The molecule has 0 bridgehead atoms. The van der Waals surface area contributed by atoms with Crippen molar-refractivity contribution in [1.29, 1.82) is 0 Å². The summed E-state index contributed by atoms with van der Waals surface area (Å²) in [7, 11) is 0. The molecule has 3 rings (SSSR count). The predicted octanol–water partition coefficient (Wildman–Crippen LogP) is 3.62. The Kier molecular flexibility index (Phi) is 3.31. The molecule has 0 atom stereocenters. The summed E-state index contributed by atoms with van der Waals surface area (Å²) < 4.78 is 13.6. The van der Waals surface area contributed by atoms with Crippen LogP contribution in [0.1, 0.15) is 15.9 Å². The number of aromatic nitrogens is 1. The van der Waals surface area contributed by atoms with Gasteiger partial charge in [-0.2, -0.15) is 0 Å². The molecule has 1 aromatic heterocycles. The zero-order valence-corrected chi connectivity index (χ0v) is 11.1. The second kappa shape index (κ2) is 5.28. The maximum atomic E-state index is 13.6. The molecule has 21 heavy (non-hydrogen) atoms. The number of benzene rings is 2. The van der Waals surface area contributed by atoms with E-state index in [2.05, 4.69) is 10.3 Å². The van der Waals surface area contributed by atoms with Gasteiger partial charge in [0.05, 0.1) is 11.1 Å². The number of carbonyl (C=O) groups is 1. The van der Waals surface area contributed by atoms with Crippen LogP contribution in [0.4, 0.5) is 10.1 Å². The summed E-state index contributed by atoms with van der Waals surface area (Å²) in [5, 5.41) is 13.0. The lowest BCUT2D eigenvalue weighted by Gasteiger charge is -2.08. The minimum absolute atomic E-state index is 0.212. The van der Waals surface area contributed by atoms with Crippen LogP contribution in [-0.2, 0) is 6.54 Å². The van der Waals surface area contributed by atoms with Crippen LogP contribution in [0.25, 0.3) is 10.9 Å². The fourth-order valence-electron chi connectivity index (χ4n) is 2.34. The number of aromatic amines is 1. The molecule has 0 aliphatic carbocycles. The van der Waals surface area contributed by atoms with Gasteiger partial charge < -0.3 is 15.4 Å². The van der Waals surface area contributed by atoms with E-state index in [1.165, 1.54) is 6.07 Å². The lowest BCUT2D eigenvalue weighted by molar-refractivity contribution is 0.0698. The Balaban J connectivity index is 1.88. The van der Waals surface area contributed by atoms with Gasteiger partial charge in [-0.1, -0.05) is 24.3 Å². The lowest BCUT2D eigenvalue weighted by Crippen LogP contribution is -2.05. The fraction of sp³-hybridized carbons (Fsp3) is 0.0625. The molecular formula is C16H13FN2O2. The molecule has 0 spiro atoms. The quantitative estimate of drug-likeness (QED) is 0.685. The van der Waals surface area contributed by atoms with E-state index in [1.807, 2.05) is 6.07 Å². The molecule has 2 aromatic carbocycles. The number of anilines is 1. The van der Waals surface area contributed by atoms with Crippen LogP contribution in [-0.4, -0.2) is 16.1 Å². The van der Waals surface area contributed by atoms with Crippen molar-refractivity contribution in [2.75, 3.05) is 5.32 Å². The fourth-order valence-corrected chi connectivity index (χ4v) is 2.34. The van der Waals surface area contributed by atoms with Crippen LogP contribution >= 0.6 is 0 Å². The molecule has 4 nitrogen and oxygen atoms in total. The smallest absolute Gasteiger partial charge is 0.337 e. The molecule has 0 aliphatic heterocycles. The van der Waals surface area contributed by atoms with Crippen molar-refractivity contribution in [3.63, 3.8) is 0 Å². The summed E-state index contributed by atoms with van der Waals surface area (Å²) in [5.74, 6) is -1.28. The Morgan fingerprint density at radius 2 is 2.00 bits per heavy atom. The summed E-state index contributed by atoms with van der Waals surface area (Å²) in [6.45, 7) is 0.410. The summed E-state index contributed by atoms with van der Waals surface area (Å²) in [6, 6.07) is 11.6. The molecule has 0 saturated carbocycles. The van der Waals surface area contributed by atoms with Crippen molar-refractivity contribution in [2.24, 2.45) is 0 Å². The highest BCUT2D eigenvalue weighted by Crippen LogP contribution is 2.22. The minimum Gasteiger partial charge on any atom is -0.478 e. The Morgan fingerprint density at radius 1 is 1.19 bits per heavy atom. The molecule has 0 radical (unpaired) electrons. The summed E-state index contributed by atoms with van der Waals surface area (Å²) in [4.78, 5) is 14.0. The first-order chi connectivity index (χ1) is 10.2. The third kappa shape index (κ3) is 2.45. The molecule has 0 aliphatic rings. The number of hydrogen-bond donors (Lipinski definition) is 3. The van der Waals surface area contributed by atoms with Crippen LogP contribution in [0.5, 0.6) is 0 Å². The van der Waals surface area contributed by atoms with E-state index in [-0.39, 0.29) is 11.4 Å². The molecule has 106 valence electrons. The number of hydrogen-bond acceptors (Lipinski definition) is 2. The highest BCUT2D eigenvalue weighted by Gasteiger charge is 2.10. The van der Waals surface area contributed by atoms with Crippen LogP contribution in [0.3, 0.4) is 0 Å². The van der Waals surface area contributed by atoms with E-state index in [9.17, 15) is 9.18 Å². The molecule has 5 heteroatoms. The van der Waals surface area contributed by atoms with E-state index in [1.54, 1.807) is 36.5 Å². The Labute approximate surface area is 120 Å². The number of carboxylic acids is 1. The van der Waals surface area contributed by atoms with Crippen LogP contribution in [0, 0.1) is 5.82 Å². The highest BCUT2D eigenvalue weighted by molar-refractivity contribution is 5.94. The summed E-state index contributed by atoms with van der Waals surface area (Å²) >= 11 is 0. The molecular weight excluding hydrogens is 271 g/mol. The molecule has 3 aromatic rings. The number of nitrogens with one attached hydrogen (secondary N) is 2. The zero-order chi connectivity index (χ0) is 14.8. The second-order valence-corrected chi connectivity index (χ2v) is 4.68. The van der Waals surface area contributed by atoms with E-state index in [4.69, 9.17) is 5.11 Å². The third-order valence-corrected chi connectivity index (χ3v) is 3.38. The standard InChI is InChI=1S/C16H13FN2O2/c17-13-6-3-5-11-10(9-19-15(11)13)8-18-14-7-2-1-4-12(14)16(20)21/h1-7,9,18-19H,8H2,(H,20,21). The van der Waals surface area contributed by atoms with Crippen molar-refractivity contribution >= 4 is 22.6 Å². The van der Waals surface area contributed by atoms with Gasteiger partial charge in [-0.05, 0) is 23.8 Å². The van der Waals surface area contributed by atoms with Gasteiger partial charge in [0.15, 0.2) is 0 Å². The topological polar surface area (TPSA) is 65.1 Å². The maximum absolute atomic E-state index is 13.6. The molecule has 0 unspecified atom stereocenters.